The Morgan fingerprint density at radius 2 is 1.76 bits per heavy atom. The Labute approximate surface area is 211 Å². The number of rotatable bonds is 5. The Morgan fingerprint density at radius 3 is 2.35 bits per heavy atom. The second-order valence-corrected chi connectivity index (χ2v) is 11.1. The van der Waals surface area contributed by atoms with Crippen LogP contribution in [0, 0.1) is 26.6 Å². The molecule has 0 aliphatic heterocycles. The maximum atomic E-state index is 13.7. The topological polar surface area (TPSA) is 64.8 Å². The summed E-state index contributed by atoms with van der Waals surface area (Å²) in [4.78, 5) is 21.3. The number of halogens is 2. The van der Waals surface area contributed by atoms with Crippen LogP contribution in [0.1, 0.15) is 30.7 Å². The zero-order chi connectivity index (χ0) is 25.0. The zero-order valence-corrected chi connectivity index (χ0v) is 21.7. The third-order valence-electron chi connectivity index (χ3n) is 4.89. The molecule has 0 radical (unpaired) electrons. The molecule has 0 amide bonds. The largest absolute Gasteiger partial charge is 0.373 e. The summed E-state index contributed by atoms with van der Waals surface area (Å²) < 4.78 is 16.7. The summed E-state index contributed by atoms with van der Waals surface area (Å²) in [6.45, 7) is 10.4. The Balaban J connectivity index is 0.00000103. The second-order valence-electron chi connectivity index (χ2n) is 7.88. The van der Waals surface area contributed by atoms with E-state index in [1.165, 1.54) is 12.1 Å². The van der Waals surface area contributed by atoms with Crippen LogP contribution < -0.4 is 0 Å². The lowest BCUT2D eigenvalue weighted by Gasteiger charge is -2.11. The fourth-order valence-corrected chi connectivity index (χ4v) is 6.37. The van der Waals surface area contributed by atoms with Gasteiger partial charge in [0.15, 0.2) is 0 Å². The van der Waals surface area contributed by atoms with Gasteiger partial charge in [-0.15, -0.1) is 11.8 Å². The Kier molecular flexibility index (Phi) is 8.44. The highest BCUT2D eigenvalue weighted by Crippen LogP contribution is 2.42. The van der Waals surface area contributed by atoms with E-state index in [2.05, 4.69) is 32.8 Å². The first-order valence-corrected chi connectivity index (χ1v) is 12.5. The number of thiazole rings is 1. The van der Waals surface area contributed by atoms with E-state index in [1.54, 1.807) is 33.8 Å². The minimum Gasteiger partial charge on any atom is -0.217 e. The lowest BCUT2D eigenvalue weighted by Crippen LogP contribution is -1.95. The lowest BCUT2D eigenvalue weighted by molar-refractivity contribution is -0.191. The van der Waals surface area contributed by atoms with Crippen LogP contribution in [0.2, 0.25) is 5.02 Å². The van der Waals surface area contributed by atoms with Gasteiger partial charge in [0, 0.05) is 27.6 Å². The molecule has 0 aliphatic carbocycles. The van der Waals surface area contributed by atoms with Crippen molar-refractivity contribution >= 4 is 40.9 Å². The molecule has 0 bridgehead atoms. The van der Waals surface area contributed by atoms with Crippen LogP contribution >= 0.6 is 34.7 Å². The summed E-state index contributed by atoms with van der Waals surface area (Å²) in [5, 5.41) is 6.62. The molecule has 0 saturated carbocycles. The molecule has 0 saturated heterocycles. The van der Waals surface area contributed by atoms with Gasteiger partial charge in [-0.25, -0.2) is 14.1 Å². The SMILES string of the molecule is Cc1cc(Cl)cc(C)c1-c1nc(-n2cc(-c3cccc(F)c3)c(C)n2)sc1SC(C)C.O=C=O. The summed E-state index contributed by atoms with van der Waals surface area (Å²) in [5.41, 5.74) is 6.82. The van der Waals surface area contributed by atoms with E-state index in [-0.39, 0.29) is 12.0 Å². The Morgan fingerprint density at radius 1 is 1.12 bits per heavy atom. The van der Waals surface area contributed by atoms with Crippen LogP contribution in [-0.2, 0) is 9.59 Å². The van der Waals surface area contributed by atoms with Crippen molar-refractivity contribution in [1.29, 1.82) is 0 Å². The molecular formula is C25H23ClFN3O2S2. The van der Waals surface area contributed by atoms with Crippen molar-refractivity contribution in [3.05, 3.63) is 70.3 Å². The molecule has 176 valence electrons. The lowest BCUT2D eigenvalue weighted by atomic mass is 10.0. The molecule has 0 aliphatic rings. The molecule has 4 aromatic rings. The monoisotopic (exact) mass is 515 g/mol. The van der Waals surface area contributed by atoms with E-state index in [9.17, 15) is 4.39 Å². The number of aromatic nitrogens is 3. The number of hydrogen-bond donors (Lipinski definition) is 0. The van der Waals surface area contributed by atoms with Gasteiger partial charge in [-0.3, -0.25) is 0 Å². The average Bonchev–Trinajstić information content (AvgIpc) is 3.31. The van der Waals surface area contributed by atoms with E-state index in [4.69, 9.17) is 26.2 Å². The second kappa shape index (κ2) is 11.1. The molecule has 0 N–H and O–H groups in total. The minimum absolute atomic E-state index is 0.250. The van der Waals surface area contributed by atoms with E-state index in [1.807, 2.05) is 31.3 Å². The van der Waals surface area contributed by atoms with Gasteiger partial charge in [0.25, 0.3) is 0 Å². The molecule has 2 heterocycles. The molecule has 0 atom stereocenters. The van der Waals surface area contributed by atoms with Crippen molar-refractivity contribution in [2.45, 2.75) is 44.1 Å². The standard InChI is InChI=1S/C24H23ClFN3S2.CO2/c1-13(2)30-23-22(21-14(3)9-18(25)10-15(21)4)27-24(31-23)29-12-20(16(5)28-29)17-7-6-8-19(26)11-17;2-1-3/h6-13H,1-5H3;. The van der Waals surface area contributed by atoms with E-state index >= 15 is 0 Å². The number of nitrogens with zero attached hydrogens (tertiary/aromatic N) is 3. The van der Waals surface area contributed by atoms with Crippen LogP contribution in [0.25, 0.3) is 27.5 Å². The zero-order valence-electron chi connectivity index (χ0n) is 19.3. The van der Waals surface area contributed by atoms with Gasteiger partial charge in [-0.1, -0.05) is 48.9 Å². The highest BCUT2D eigenvalue weighted by molar-refractivity contribution is 8.01. The number of benzene rings is 2. The summed E-state index contributed by atoms with van der Waals surface area (Å²) in [6, 6.07) is 10.5. The molecule has 2 aromatic carbocycles. The molecule has 2 aromatic heterocycles. The summed E-state index contributed by atoms with van der Waals surface area (Å²) >= 11 is 9.68. The van der Waals surface area contributed by atoms with Crippen LogP contribution in [0.5, 0.6) is 0 Å². The number of aryl methyl sites for hydroxylation is 3. The van der Waals surface area contributed by atoms with Gasteiger partial charge < -0.3 is 0 Å². The van der Waals surface area contributed by atoms with Gasteiger partial charge in [0.2, 0.25) is 5.13 Å². The molecule has 34 heavy (non-hydrogen) atoms. The van der Waals surface area contributed by atoms with Crippen LogP contribution in [0.4, 0.5) is 4.39 Å². The number of thioether (sulfide) groups is 1. The van der Waals surface area contributed by atoms with Gasteiger partial charge in [0.1, 0.15) is 5.82 Å². The Hall–Kier alpha value is -2.77. The predicted octanol–water partition coefficient (Wildman–Crippen LogP) is 7.30. The first-order chi connectivity index (χ1) is 16.1. The van der Waals surface area contributed by atoms with Gasteiger partial charge in [0.05, 0.1) is 15.6 Å². The van der Waals surface area contributed by atoms with Crippen molar-refractivity contribution in [3.8, 4) is 27.5 Å². The quantitative estimate of drug-likeness (QED) is 0.261. The number of carbonyl (C=O) groups excluding carboxylic acids is 2. The highest BCUT2D eigenvalue weighted by atomic mass is 35.5. The fraction of sp³-hybridized carbons (Fsp3) is 0.240. The fourth-order valence-electron chi connectivity index (χ4n) is 3.63. The van der Waals surface area contributed by atoms with Gasteiger partial charge >= 0.3 is 6.15 Å². The molecular weight excluding hydrogens is 493 g/mol. The first kappa shape index (κ1) is 25.8. The highest BCUT2D eigenvalue weighted by Gasteiger charge is 2.21. The average molecular weight is 516 g/mol. The van der Waals surface area contributed by atoms with Crippen molar-refractivity contribution in [2.24, 2.45) is 0 Å². The van der Waals surface area contributed by atoms with Gasteiger partial charge in [-0.2, -0.15) is 14.7 Å². The number of hydrogen-bond acceptors (Lipinski definition) is 6. The normalized spacial score (nSPS) is 10.7. The maximum Gasteiger partial charge on any atom is 0.373 e. The van der Waals surface area contributed by atoms with Crippen LogP contribution in [0.15, 0.2) is 46.8 Å². The smallest absolute Gasteiger partial charge is 0.217 e. The van der Waals surface area contributed by atoms with Gasteiger partial charge in [-0.05, 0) is 61.7 Å². The van der Waals surface area contributed by atoms with Crippen LogP contribution in [0.3, 0.4) is 0 Å². The van der Waals surface area contributed by atoms with Crippen molar-refractivity contribution in [2.75, 3.05) is 0 Å². The van der Waals surface area contributed by atoms with Crippen LogP contribution in [-0.4, -0.2) is 26.2 Å². The third kappa shape index (κ3) is 5.83. The summed E-state index contributed by atoms with van der Waals surface area (Å²) in [5.74, 6) is -0.259. The third-order valence-corrected chi connectivity index (χ3v) is 7.37. The molecule has 0 spiro atoms. The molecule has 0 unspecified atom stereocenters. The van der Waals surface area contributed by atoms with E-state index in [0.717, 1.165) is 53.6 Å². The molecule has 0 fully saturated rings. The van der Waals surface area contributed by atoms with E-state index in [0.29, 0.717) is 5.25 Å². The summed E-state index contributed by atoms with van der Waals surface area (Å²) in [6.07, 6.45) is 2.18. The van der Waals surface area contributed by atoms with E-state index < -0.39 is 0 Å². The first-order valence-electron chi connectivity index (χ1n) is 10.4. The van der Waals surface area contributed by atoms with Crippen molar-refractivity contribution < 1.29 is 14.0 Å². The maximum absolute atomic E-state index is 13.7. The minimum atomic E-state index is -0.259. The Bertz CT molecular complexity index is 1340. The molecule has 9 heteroatoms. The van der Waals surface area contributed by atoms with Crippen molar-refractivity contribution in [3.63, 3.8) is 0 Å². The van der Waals surface area contributed by atoms with Crippen molar-refractivity contribution in [1.82, 2.24) is 14.8 Å². The molecule has 4 rings (SSSR count). The molecule has 5 nitrogen and oxygen atoms in total. The predicted molar refractivity (Wildman–Crippen MR) is 135 cm³/mol. The summed E-state index contributed by atoms with van der Waals surface area (Å²) in [7, 11) is 0.